The van der Waals surface area contributed by atoms with Crippen molar-refractivity contribution in [2.24, 2.45) is 5.41 Å². The predicted molar refractivity (Wildman–Crippen MR) is 80.8 cm³/mol. The molecule has 1 saturated heterocycles. The normalized spacial score (nSPS) is 17.6. The summed E-state index contributed by atoms with van der Waals surface area (Å²) in [4.78, 5) is 26.0. The Balaban J connectivity index is 2.07. The lowest BCUT2D eigenvalue weighted by Crippen LogP contribution is -2.47. The van der Waals surface area contributed by atoms with Crippen molar-refractivity contribution < 1.29 is 9.59 Å². The largest absolute Gasteiger partial charge is 0.343 e. The summed E-state index contributed by atoms with van der Waals surface area (Å²) in [6, 6.07) is 1.82. The van der Waals surface area contributed by atoms with Gasteiger partial charge in [0.05, 0.1) is 5.41 Å². The molecule has 0 unspecified atom stereocenters. The Morgan fingerprint density at radius 2 is 2.10 bits per heavy atom. The minimum absolute atomic E-state index is 0.0269. The lowest BCUT2D eigenvalue weighted by Gasteiger charge is -2.40. The van der Waals surface area contributed by atoms with E-state index in [1.54, 1.807) is 6.92 Å². The van der Waals surface area contributed by atoms with Crippen molar-refractivity contribution in [3.05, 3.63) is 11.8 Å². The van der Waals surface area contributed by atoms with Crippen molar-refractivity contribution in [2.75, 3.05) is 18.4 Å². The van der Waals surface area contributed by atoms with Crippen LogP contribution < -0.4 is 5.32 Å². The van der Waals surface area contributed by atoms with Gasteiger partial charge in [-0.15, -0.1) is 0 Å². The number of piperidine rings is 1. The number of hydrogen-bond donors (Lipinski definition) is 2. The van der Waals surface area contributed by atoms with Crippen LogP contribution in [0, 0.1) is 12.3 Å². The summed E-state index contributed by atoms with van der Waals surface area (Å²) in [7, 11) is 0. The lowest BCUT2D eigenvalue weighted by molar-refractivity contribution is -0.136. The number of hydrogen-bond acceptors (Lipinski definition) is 3. The number of aromatic amines is 1. The first-order valence-corrected chi connectivity index (χ1v) is 7.56. The van der Waals surface area contributed by atoms with Gasteiger partial charge in [-0.3, -0.25) is 14.7 Å². The fourth-order valence-corrected chi connectivity index (χ4v) is 3.05. The molecule has 0 atom stereocenters. The maximum atomic E-state index is 12.7. The molecule has 116 valence electrons. The average Bonchev–Trinajstić information content (AvgIpc) is 2.85. The van der Waals surface area contributed by atoms with Gasteiger partial charge in [-0.05, 0) is 26.2 Å². The van der Waals surface area contributed by atoms with Gasteiger partial charge in [0, 0.05) is 31.8 Å². The van der Waals surface area contributed by atoms with E-state index in [9.17, 15) is 9.59 Å². The summed E-state index contributed by atoms with van der Waals surface area (Å²) in [5.74, 6) is 0.685. The van der Waals surface area contributed by atoms with Gasteiger partial charge in [0.25, 0.3) is 0 Å². The summed E-state index contributed by atoms with van der Waals surface area (Å²) in [5, 5.41) is 9.81. The monoisotopic (exact) mass is 292 g/mol. The molecule has 2 rings (SSSR count). The van der Waals surface area contributed by atoms with Gasteiger partial charge in [-0.25, -0.2) is 0 Å². The van der Waals surface area contributed by atoms with Gasteiger partial charge in [0.15, 0.2) is 5.82 Å². The van der Waals surface area contributed by atoms with Crippen molar-refractivity contribution in [1.82, 2.24) is 15.1 Å². The third-order valence-electron chi connectivity index (χ3n) is 4.32. The average molecular weight is 292 g/mol. The van der Waals surface area contributed by atoms with Crippen molar-refractivity contribution in [1.29, 1.82) is 0 Å². The summed E-state index contributed by atoms with van der Waals surface area (Å²) in [6.07, 6.45) is 3.23. The third kappa shape index (κ3) is 3.43. The Hall–Kier alpha value is -1.85. The molecule has 2 amide bonds. The second kappa shape index (κ2) is 6.28. The molecule has 2 heterocycles. The molecule has 0 radical (unpaired) electrons. The zero-order valence-corrected chi connectivity index (χ0v) is 13.0. The van der Waals surface area contributed by atoms with E-state index in [0.717, 1.165) is 31.4 Å². The second-order valence-corrected chi connectivity index (χ2v) is 5.93. The molecule has 1 aliphatic heterocycles. The Morgan fingerprint density at radius 1 is 1.43 bits per heavy atom. The van der Waals surface area contributed by atoms with E-state index in [4.69, 9.17) is 0 Å². The van der Waals surface area contributed by atoms with Gasteiger partial charge in [-0.2, -0.15) is 5.10 Å². The van der Waals surface area contributed by atoms with Crippen molar-refractivity contribution in [3.8, 4) is 0 Å². The van der Waals surface area contributed by atoms with Gasteiger partial charge in [-0.1, -0.05) is 13.3 Å². The first-order valence-electron chi connectivity index (χ1n) is 7.56. The number of H-pyrrole nitrogens is 1. The standard InChI is InChI=1S/C15H24N4O2/c1-4-5-15(6-8-19(9-7-15)12(3)20)14(21)16-13-10-11(2)17-18-13/h10H,4-9H2,1-3H3,(H2,16,17,18,21). The van der Waals surface area contributed by atoms with E-state index in [0.29, 0.717) is 18.9 Å². The third-order valence-corrected chi connectivity index (χ3v) is 4.32. The van der Waals surface area contributed by atoms with Crippen LogP contribution in [0.4, 0.5) is 5.82 Å². The first kappa shape index (κ1) is 15.5. The SMILES string of the molecule is CCCC1(C(=O)Nc2cc(C)[nH]n2)CCN(C(C)=O)CC1. The topological polar surface area (TPSA) is 78.1 Å². The molecule has 0 aromatic carbocycles. The number of anilines is 1. The van der Waals surface area contributed by atoms with Crippen LogP contribution in [0.25, 0.3) is 0 Å². The highest BCUT2D eigenvalue weighted by molar-refractivity contribution is 5.94. The van der Waals surface area contributed by atoms with Crippen LogP contribution in [-0.2, 0) is 9.59 Å². The van der Waals surface area contributed by atoms with E-state index in [-0.39, 0.29) is 17.2 Å². The second-order valence-electron chi connectivity index (χ2n) is 5.93. The Kier molecular flexibility index (Phi) is 4.65. The minimum atomic E-state index is -0.381. The fraction of sp³-hybridized carbons (Fsp3) is 0.667. The molecule has 1 aromatic heterocycles. The van der Waals surface area contributed by atoms with Gasteiger partial charge >= 0.3 is 0 Å². The zero-order valence-electron chi connectivity index (χ0n) is 13.0. The fourth-order valence-electron chi connectivity index (χ4n) is 3.05. The highest BCUT2D eigenvalue weighted by Crippen LogP contribution is 2.37. The summed E-state index contributed by atoms with van der Waals surface area (Å²) in [5.41, 5.74) is 0.536. The predicted octanol–water partition coefficient (Wildman–Crippen LogP) is 2.09. The van der Waals surface area contributed by atoms with E-state index < -0.39 is 0 Å². The molecular weight excluding hydrogens is 268 g/mol. The van der Waals surface area contributed by atoms with Crippen LogP contribution in [0.5, 0.6) is 0 Å². The maximum Gasteiger partial charge on any atom is 0.231 e. The number of carbonyl (C=O) groups is 2. The number of amides is 2. The molecule has 1 aromatic rings. The molecule has 0 aliphatic carbocycles. The quantitative estimate of drug-likeness (QED) is 0.892. The van der Waals surface area contributed by atoms with E-state index in [1.165, 1.54) is 0 Å². The molecule has 6 nitrogen and oxygen atoms in total. The number of nitrogens with zero attached hydrogens (tertiary/aromatic N) is 2. The summed E-state index contributed by atoms with van der Waals surface area (Å²) < 4.78 is 0. The van der Waals surface area contributed by atoms with Crippen molar-refractivity contribution >= 4 is 17.6 Å². The first-order chi connectivity index (χ1) is 9.97. The van der Waals surface area contributed by atoms with Crippen LogP contribution in [0.15, 0.2) is 6.07 Å². The highest BCUT2D eigenvalue weighted by Gasteiger charge is 2.41. The van der Waals surface area contributed by atoms with Gasteiger partial charge in [0.2, 0.25) is 11.8 Å². The molecule has 2 N–H and O–H groups in total. The molecule has 6 heteroatoms. The number of rotatable bonds is 4. The zero-order chi connectivity index (χ0) is 15.5. The Bertz CT molecular complexity index is 515. The van der Waals surface area contributed by atoms with Crippen LogP contribution in [0.1, 0.15) is 45.2 Å². The number of carbonyl (C=O) groups excluding carboxylic acids is 2. The molecule has 1 aliphatic rings. The van der Waals surface area contributed by atoms with Gasteiger partial charge in [0.1, 0.15) is 0 Å². The number of likely N-dealkylation sites (tertiary alicyclic amines) is 1. The maximum absolute atomic E-state index is 12.7. The smallest absolute Gasteiger partial charge is 0.231 e. The van der Waals surface area contributed by atoms with Crippen LogP contribution in [0.2, 0.25) is 0 Å². The van der Waals surface area contributed by atoms with Gasteiger partial charge < -0.3 is 10.2 Å². The molecular formula is C15H24N4O2. The Labute approximate surface area is 125 Å². The Morgan fingerprint density at radius 3 is 2.57 bits per heavy atom. The number of nitrogens with one attached hydrogen (secondary N) is 2. The molecule has 21 heavy (non-hydrogen) atoms. The van der Waals surface area contributed by atoms with Crippen LogP contribution in [0.3, 0.4) is 0 Å². The number of aryl methyl sites for hydroxylation is 1. The summed E-state index contributed by atoms with van der Waals surface area (Å²) >= 11 is 0. The van der Waals surface area contributed by atoms with Crippen molar-refractivity contribution in [3.63, 3.8) is 0 Å². The van der Waals surface area contributed by atoms with Crippen molar-refractivity contribution in [2.45, 2.75) is 46.5 Å². The molecule has 0 bridgehead atoms. The van der Waals surface area contributed by atoms with E-state index in [2.05, 4.69) is 22.4 Å². The van der Waals surface area contributed by atoms with Crippen LogP contribution >= 0.6 is 0 Å². The van der Waals surface area contributed by atoms with E-state index >= 15 is 0 Å². The molecule has 1 fully saturated rings. The van der Waals surface area contributed by atoms with E-state index in [1.807, 2.05) is 17.9 Å². The molecule has 0 spiro atoms. The highest BCUT2D eigenvalue weighted by atomic mass is 16.2. The minimum Gasteiger partial charge on any atom is -0.343 e. The van der Waals surface area contributed by atoms with Crippen LogP contribution in [-0.4, -0.2) is 40.0 Å². The number of aromatic nitrogens is 2. The molecule has 0 saturated carbocycles. The summed E-state index contributed by atoms with van der Waals surface area (Å²) in [6.45, 7) is 6.88. The lowest BCUT2D eigenvalue weighted by atomic mass is 9.74.